The lowest BCUT2D eigenvalue weighted by molar-refractivity contribution is 0.0687. The smallest absolute Gasteiger partial charge is 0.0620 e. The standard InChI is InChI=1S/C14H28N2O/c1-16(14-6-4-2-3-5-7-14)10-8-13-12-17-11-9-15-13/h13-15H,2-12H2,1H3. The van der Waals surface area contributed by atoms with Gasteiger partial charge in [0.2, 0.25) is 0 Å². The maximum absolute atomic E-state index is 5.50. The van der Waals surface area contributed by atoms with Gasteiger partial charge in [0.05, 0.1) is 13.2 Å². The Bertz CT molecular complexity index is 196. The Balaban J connectivity index is 1.66. The van der Waals surface area contributed by atoms with Gasteiger partial charge < -0.3 is 15.0 Å². The Morgan fingerprint density at radius 3 is 2.59 bits per heavy atom. The molecule has 3 nitrogen and oxygen atoms in total. The summed E-state index contributed by atoms with van der Waals surface area (Å²) in [6.45, 7) is 4.02. The fraction of sp³-hybridized carbons (Fsp3) is 1.00. The molecule has 1 aliphatic carbocycles. The fourth-order valence-electron chi connectivity index (χ4n) is 3.05. The van der Waals surface area contributed by atoms with E-state index in [-0.39, 0.29) is 0 Å². The van der Waals surface area contributed by atoms with Gasteiger partial charge in [-0.2, -0.15) is 0 Å². The van der Waals surface area contributed by atoms with Crippen LogP contribution in [0.1, 0.15) is 44.9 Å². The number of hydrogen-bond acceptors (Lipinski definition) is 3. The number of nitrogens with zero attached hydrogens (tertiary/aromatic N) is 1. The average Bonchev–Trinajstić information content (AvgIpc) is 2.66. The summed E-state index contributed by atoms with van der Waals surface area (Å²) in [7, 11) is 2.31. The van der Waals surface area contributed by atoms with Crippen LogP contribution in [-0.2, 0) is 4.74 Å². The molecular weight excluding hydrogens is 212 g/mol. The first-order valence-corrected chi connectivity index (χ1v) is 7.37. The molecule has 0 radical (unpaired) electrons. The largest absolute Gasteiger partial charge is 0.379 e. The van der Waals surface area contributed by atoms with Crippen molar-refractivity contribution in [3.05, 3.63) is 0 Å². The van der Waals surface area contributed by atoms with Gasteiger partial charge in [-0.15, -0.1) is 0 Å². The number of nitrogens with one attached hydrogen (secondary N) is 1. The molecule has 2 rings (SSSR count). The Hall–Kier alpha value is -0.120. The molecule has 1 aliphatic heterocycles. The lowest BCUT2D eigenvalue weighted by Gasteiger charge is -2.30. The van der Waals surface area contributed by atoms with Crippen molar-refractivity contribution < 1.29 is 4.74 Å². The van der Waals surface area contributed by atoms with E-state index in [2.05, 4.69) is 17.3 Å². The van der Waals surface area contributed by atoms with Crippen LogP contribution < -0.4 is 5.32 Å². The Morgan fingerprint density at radius 1 is 1.18 bits per heavy atom. The minimum absolute atomic E-state index is 0.581. The van der Waals surface area contributed by atoms with Crippen molar-refractivity contribution in [2.24, 2.45) is 0 Å². The van der Waals surface area contributed by atoms with E-state index in [1.807, 2.05) is 0 Å². The van der Waals surface area contributed by atoms with Gasteiger partial charge in [-0.1, -0.05) is 25.7 Å². The highest BCUT2D eigenvalue weighted by Gasteiger charge is 2.19. The van der Waals surface area contributed by atoms with E-state index in [0.29, 0.717) is 6.04 Å². The molecular formula is C14H28N2O. The van der Waals surface area contributed by atoms with Gasteiger partial charge in [-0.25, -0.2) is 0 Å². The van der Waals surface area contributed by atoms with Crippen molar-refractivity contribution in [2.75, 3.05) is 33.4 Å². The molecule has 2 aliphatic rings. The highest BCUT2D eigenvalue weighted by molar-refractivity contribution is 4.76. The Kier molecular flexibility index (Phi) is 5.75. The molecule has 0 aromatic heterocycles. The van der Waals surface area contributed by atoms with Crippen molar-refractivity contribution in [2.45, 2.75) is 57.0 Å². The quantitative estimate of drug-likeness (QED) is 0.761. The van der Waals surface area contributed by atoms with E-state index >= 15 is 0 Å². The summed E-state index contributed by atoms with van der Waals surface area (Å²) in [6, 6.07) is 1.42. The number of rotatable bonds is 4. The normalized spacial score (nSPS) is 28.2. The van der Waals surface area contributed by atoms with Crippen LogP contribution in [-0.4, -0.2) is 50.3 Å². The topological polar surface area (TPSA) is 24.5 Å². The molecule has 0 amide bonds. The van der Waals surface area contributed by atoms with E-state index in [9.17, 15) is 0 Å². The van der Waals surface area contributed by atoms with Crippen LogP contribution in [0.3, 0.4) is 0 Å². The van der Waals surface area contributed by atoms with Gasteiger partial charge in [-0.05, 0) is 32.9 Å². The van der Waals surface area contributed by atoms with Crippen molar-refractivity contribution in [3.8, 4) is 0 Å². The molecule has 1 atom stereocenters. The zero-order valence-corrected chi connectivity index (χ0v) is 11.3. The van der Waals surface area contributed by atoms with Crippen LogP contribution in [0.15, 0.2) is 0 Å². The van der Waals surface area contributed by atoms with Crippen molar-refractivity contribution in [1.29, 1.82) is 0 Å². The second-order valence-electron chi connectivity index (χ2n) is 5.64. The monoisotopic (exact) mass is 240 g/mol. The summed E-state index contributed by atoms with van der Waals surface area (Å²) in [5.74, 6) is 0. The van der Waals surface area contributed by atoms with E-state index in [1.54, 1.807) is 0 Å². The van der Waals surface area contributed by atoms with Gasteiger partial charge in [0.1, 0.15) is 0 Å². The number of hydrogen-bond donors (Lipinski definition) is 1. The minimum Gasteiger partial charge on any atom is -0.379 e. The molecule has 1 N–H and O–H groups in total. The summed E-state index contributed by atoms with van der Waals surface area (Å²) in [5, 5.41) is 3.54. The highest BCUT2D eigenvalue weighted by atomic mass is 16.5. The molecule has 0 aromatic rings. The molecule has 1 saturated carbocycles. The number of morpholine rings is 1. The van der Waals surface area contributed by atoms with Gasteiger partial charge in [-0.3, -0.25) is 0 Å². The van der Waals surface area contributed by atoms with Crippen LogP contribution in [0.5, 0.6) is 0 Å². The van der Waals surface area contributed by atoms with Gasteiger partial charge in [0.15, 0.2) is 0 Å². The second-order valence-corrected chi connectivity index (χ2v) is 5.64. The molecule has 17 heavy (non-hydrogen) atoms. The van der Waals surface area contributed by atoms with Crippen molar-refractivity contribution >= 4 is 0 Å². The molecule has 1 saturated heterocycles. The van der Waals surface area contributed by atoms with Crippen LogP contribution >= 0.6 is 0 Å². The summed E-state index contributed by atoms with van der Waals surface area (Å²) < 4.78 is 5.50. The minimum atomic E-state index is 0.581. The predicted molar refractivity (Wildman–Crippen MR) is 71.3 cm³/mol. The predicted octanol–water partition coefficient (Wildman–Crippen LogP) is 2.02. The van der Waals surface area contributed by atoms with Crippen molar-refractivity contribution in [1.82, 2.24) is 10.2 Å². The van der Waals surface area contributed by atoms with Crippen LogP contribution in [0.2, 0.25) is 0 Å². The zero-order valence-electron chi connectivity index (χ0n) is 11.3. The maximum Gasteiger partial charge on any atom is 0.0620 e. The second kappa shape index (κ2) is 7.34. The summed E-state index contributed by atoms with van der Waals surface area (Å²) in [4.78, 5) is 2.58. The molecule has 0 bridgehead atoms. The third-order valence-electron chi connectivity index (χ3n) is 4.28. The SMILES string of the molecule is CN(CCC1COCCN1)C1CCCCCC1. The van der Waals surface area contributed by atoms with Crippen LogP contribution in [0.25, 0.3) is 0 Å². The van der Waals surface area contributed by atoms with Crippen LogP contribution in [0, 0.1) is 0 Å². The third kappa shape index (κ3) is 4.57. The van der Waals surface area contributed by atoms with E-state index < -0.39 is 0 Å². The maximum atomic E-state index is 5.50. The zero-order chi connectivity index (χ0) is 11.9. The summed E-state index contributed by atoms with van der Waals surface area (Å²) >= 11 is 0. The van der Waals surface area contributed by atoms with Gasteiger partial charge >= 0.3 is 0 Å². The fourth-order valence-corrected chi connectivity index (χ4v) is 3.05. The average molecular weight is 240 g/mol. The highest BCUT2D eigenvalue weighted by Crippen LogP contribution is 2.21. The molecule has 3 heteroatoms. The molecule has 1 heterocycles. The molecule has 0 aromatic carbocycles. The van der Waals surface area contributed by atoms with E-state index in [4.69, 9.17) is 4.74 Å². The Labute approximate surface area is 106 Å². The first kappa shape index (κ1) is 13.3. The molecule has 1 unspecified atom stereocenters. The molecule has 2 fully saturated rings. The first-order chi connectivity index (χ1) is 8.36. The van der Waals surface area contributed by atoms with E-state index in [1.165, 1.54) is 51.5 Å². The van der Waals surface area contributed by atoms with E-state index in [0.717, 1.165) is 25.8 Å². The Morgan fingerprint density at radius 2 is 1.94 bits per heavy atom. The van der Waals surface area contributed by atoms with Gasteiger partial charge in [0.25, 0.3) is 0 Å². The first-order valence-electron chi connectivity index (χ1n) is 7.37. The summed E-state index contributed by atoms with van der Waals surface area (Å²) in [5.41, 5.74) is 0. The summed E-state index contributed by atoms with van der Waals surface area (Å²) in [6.07, 6.45) is 9.80. The lowest BCUT2D eigenvalue weighted by Crippen LogP contribution is -2.44. The van der Waals surface area contributed by atoms with Crippen LogP contribution in [0.4, 0.5) is 0 Å². The number of ether oxygens (including phenoxy) is 1. The molecule has 0 spiro atoms. The molecule has 100 valence electrons. The van der Waals surface area contributed by atoms with Gasteiger partial charge in [0, 0.05) is 18.6 Å². The lowest BCUT2D eigenvalue weighted by atomic mass is 10.1. The third-order valence-corrected chi connectivity index (χ3v) is 4.28. The van der Waals surface area contributed by atoms with Crippen molar-refractivity contribution in [3.63, 3.8) is 0 Å².